The fraction of sp³-hybridized carbons (Fsp3) is 0.222. The summed E-state index contributed by atoms with van der Waals surface area (Å²) in [7, 11) is 3.54. The molecule has 0 aliphatic carbocycles. The quantitative estimate of drug-likeness (QED) is 0.391. The summed E-state index contributed by atoms with van der Waals surface area (Å²) in [6.45, 7) is 0. The summed E-state index contributed by atoms with van der Waals surface area (Å²) in [4.78, 5) is 11.0. The summed E-state index contributed by atoms with van der Waals surface area (Å²) in [6.07, 6.45) is 1.32. The maximum absolute atomic E-state index is 9.39. The maximum atomic E-state index is 9.39. The number of hydrogen-bond acceptors (Lipinski definition) is 2. The Hall–Kier alpha value is -0.881. The summed E-state index contributed by atoms with van der Waals surface area (Å²) in [5.74, 6) is 1.62. The fourth-order valence-electron chi connectivity index (χ4n) is 0.426. The molecular formula is C9H12MnNO+. The monoisotopic (exact) mass is 205 g/mol. The van der Waals surface area contributed by atoms with Gasteiger partial charge in [-0.25, -0.2) is 16.9 Å². The summed E-state index contributed by atoms with van der Waals surface area (Å²) < 4.78 is 0. The van der Waals surface area contributed by atoms with Crippen LogP contribution in [0.4, 0.5) is 0 Å². The van der Waals surface area contributed by atoms with E-state index >= 15 is 0 Å². The Labute approximate surface area is 83.7 Å². The minimum Gasteiger partial charge on any atom is -0.375 e. The van der Waals surface area contributed by atoms with Crippen molar-refractivity contribution in [3.8, 4) is 0 Å². The van der Waals surface area contributed by atoms with Crippen LogP contribution < -0.4 is 0 Å². The minimum atomic E-state index is 0. The molecule has 2 nitrogen and oxygen atoms in total. The molecule has 0 atom stereocenters. The van der Waals surface area contributed by atoms with Crippen LogP contribution in [0.15, 0.2) is 36.5 Å². The Morgan fingerprint density at radius 2 is 1.83 bits per heavy atom. The molecule has 1 radical (unpaired) electrons. The first-order valence-electron chi connectivity index (χ1n) is 3.31. The molecule has 0 unspecified atom stereocenters. The van der Waals surface area contributed by atoms with Crippen molar-refractivity contribution in [3.05, 3.63) is 36.5 Å². The van der Waals surface area contributed by atoms with Crippen LogP contribution in [0.5, 0.6) is 0 Å². The third-order valence-corrected chi connectivity index (χ3v) is 0.866. The Morgan fingerprint density at radius 1 is 1.33 bits per heavy atom. The van der Waals surface area contributed by atoms with Crippen molar-refractivity contribution in [2.75, 3.05) is 14.1 Å². The van der Waals surface area contributed by atoms with Crippen molar-refractivity contribution in [2.45, 2.75) is 0 Å². The van der Waals surface area contributed by atoms with Gasteiger partial charge in [-0.05, 0) is 0 Å². The van der Waals surface area contributed by atoms with Gasteiger partial charge in [0.25, 0.3) is 0 Å². The summed E-state index contributed by atoms with van der Waals surface area (Å²) in [5.41, 5.74) is 0. The second-order valence-electron chi connectivity index (χ2n) is 2.17. The van der Waals surface area contributed by atoms with Gasteiger partial charge in [-0.1, -0.05) is 0 Å². The average molecular weight is 205 g/mol. The third kappa shape index (κ3) is 11.9. The molecule has 3 heteroatoms. The molecule has 1 aromatic rings. The Kier molecular flexibility index (Phi) is 11.5. The Balaban J connectivity index is 0. The van der Waals surface area contributed by atoms with Crippen molar-refractivity contribution in [3.63, 3.8) is 0 Å². The van der Waals surface area contributed by atoms with Gasteiger partial charge in [0.1, 0.15) is 5.94 Å². The zero-order valence-corrected chi connectivity index (χ0v) is 8.38. The fourth-order valence-corrected chi connectivity index (χ4v) is 0.426. The second-order valence-corrected chi connectivity index (χ2v) is 2.17. The number of hydrogen-bond donors (Lipinski definition) is 0. The number of nitrogens with zero attached hydrogens (tertiary/aromatic N) is 1. The van der Waals surface area contributed by atoms with Gasteiger partial charge in [-0.2, -0.15) is 18.2 Å². The molecule has 0 saturated heterocycles. The summed E-state index contributed by atoms with van der Waals surface area (Å²) in [5, 5.41) is 0. The van der Waals surface area contributed by atoms with Gasteiger partial charge in [-0.15, -0.1) is 0 Å². The van der Waals surface area contributed by atoms with Gasteiger partial charge in [0, 0.05) is 14.1 Å². The molecular weight excluding hydrogens is 193 g/mol. The van der Waals surface area contributed by atoms with E-state index in [9.17, 15) is 4.79 Å². The normalized spacial score (nSPS) is 6.50. The van der Waals surface area contributed by atoms with Crippen LogP contribution >= 0.6 is 0 Å². The molecule has 1 rings (SSSR count). The maximum Gasteiger partial charge on any atom is 2.00 e. The Morgan fingerprint density at radius 3 is 1.92 bits per heavy atom. The van der Waals surface area contributed by atoms with Gasteiger partial charge in [0.05, 0.1) is 6.20 Å². The van der Waals surface area contributed by atoms with E-state index in [1.54, 1.807) is 24.9 Å². The van der Waals surface area contributed by atoms with Crippen LogP contribution in [0.3, 0.4) is 0 Å². The van der Waals surface area contributed by atoms with Crippen molar-refractivity contribution < 1.29 is 21.9 Å². The molecule has 12 heavy (non-hydrogen) atoms. The van der Waals surface area contributed by atoms with Crippen molar-refractivity contribution in [1.82, 2.24) is 4.90 Å². The summed E-state index contributed by atoms with van der Waals surface area (Å²) in [6, 6.07) is 10.0. The molecule has 0 heterocycles. The van der Waals surface area contributed by atoms with Crippen LogP contribution in [0.2, 0.25) is 0 Å². The van der Waals surface area contributed by atoms with Gasteiger partial charge in [0.15, 0.2) is 0 Å². The molecule has 0 aliphatic heterocycles. The van der Waals surface area contributed by atoms with Gasteiger partial charge >= 0.3 is 17.1 Å². The molecule has 1 aromatic carbocycles. The topological polar surface area (TPSA) is 20.3 Å². The van der Waals surface area contributed by atoms with E-state index in [-0.39, 0.29) is 17.1 Å². The first-order chi connectivity index (χ1) is 5.27. The van der Waals surface area contributed by atoms with Crippen molar-refractivity contribution in [1.29, 1.82) is 0 Å². The van der Waals surface area contributed by atoms with Gasteiger partial charge < -0.3 is 4.90 Å². The second kappa shape index (κ2) is 10.1. The van der Waals surface area contributed by atoms with E-state index in [1.165, 1.54) is 6.20 Å². The van der Waals surface area contributed by atoms with E-state index in [0.717, 1.165) is 0 Å². The summed E-state index contributed by atoms with van der Waals surface area (Å²) >= 11 is 0. The average Bonchev–Trinajstić information content (AvgIpc) is 2.41. The molecule has 0 bridgehead atoms. The molecule has 0 N–H and O–H groups in total. The molecule has 0 fully saturated rings. The Bertz CT molecular complexity index is 183. The molecule has 65 valence electrons. The largest absolute Gasteiger partial charge is 2.00 e. The molecule has 0 spiro atoms. The van der Waals surface area contributed by atoms with Crippen molar-refractivity contribution in [2.24, 2.45) is 0 Å². The SMILES string of the molecule is CN(C)C=C=O.[Mn+2].c1cc[cH-]c1. The van der Waals surface area contributed by atoms with Crippen LogP contribution in [-0.4, -0.2) is 24.9 Å². The van der Waals surface area contributed by atoms with Gasteiger partial charge in [-0.3, -0.25) is 0 Å². The van der Waals surface area contributed by atoms with Crippen LogP contribution in [0.25, 0.3) is 0 Å². The minimum absolute atomic E-state index is 0. The van der Waals surface area contributed by atoms with Crippen molar-refractivity contribution >= 4 is 5.94 Å². The molecule has 0 aliphatic rings. The van der Waals surface area contributed by atoms with Crippen LogP contribution in [-0.2, 0) is 21.9 Å². The standard InChI is InChI=1S/C5H5.C4H7NO.Mn/c1-2-4-5-3-1;1-5(2)3-4-6;/h1-5H;3H,1-2H3;/q-1;;+2. The number of carbonyl (C=O) groups excluding carboxylic acids is 1. The van der Waals surface area contributed by atoms with E-state index in [2.05, 4.69) is 0 Å². The van der Waals surface area contributed by atoms with Crippen LogP contribution in [0.1, 0.15) is 0 Å². The number of rotatable bonds is 1. The van der Waals surface area contributed by atoms with Crippen LogP contribution in [0, 0.1) is 0 Å². The van der Waals surface area contributed by atoms with E-state index in [4.69, 9.17) is 0 Å². The van der Waals surface area contributed by atoms with E-state index < -0.39 is 0 Å². The van der Waals surface area contributed by atoms with E-state index in [1.807, 2.05) is 30.3 Å². The van der Waals surface area contributed by atoms with E-state index in [0.29, 0.717) is 0 Å². The zero-order valence-electron chi connectivity index (χ0n) is 7.20. The van der Waals surface area contributed by atoms with Gasteiger partial charge in [0.2, 0.25) is 0 Å². The predicted molar refractivity (Wildman–Crippen MR) is 46.0 cm³/mol. The third-order valence-electron chi connectivity index (χ3n) is 0.866. The first kappa shape index (κ1) is 13.7. The first-order valence-corrected chi connectivity index (χ1v) is 3.31. The molecule has 0 amide bonds. The molecule has 0 aromatic heterocycles. The molecule has 0 saturated carbocycles. The zero-order chi connectivity index (χ0) is 8.53. The predicted octanol–water partition coefficient (Wildman–Crippen LogP) is 1.30. The smallest absolute Gasteiger partial charge is 0.375 e.